The predicted molar refractivity (Wildman–Crippen MR) is 221 cm³/mol. The van der Waals surface area contributed by atoms with Crippen molar-refractivity contribution in [2.45, 2.75) is 219 Å². The van der Waals surface area contributed by atoms with E-state index in [0.717, 1.165) is 37.7 Å². The van der Waals surface area contributed by atoms with Gasteiger partial charge in [0.25, 0.3) is 0 Å². The Kier molecular flexibility index (Phi) is 31.9. The average molecular weight is 741 g/mol. The van der Waals surface area contributed by atoms with Crippen LogP contribution in [0.25, 0.3) is 0 Å². The minimum atomic E-state index is -1.09. The Labute approximate surface area is 325 Å². The van der Waals surface area contributed by atoms with Crippen LogP contribution in [0, 0.1) is 5.92 Å². The Bertz CT molecular complexity index is 1050. The van der Waals surface area contributed by atoms with E-state index in [2.05, 4.69) is 24.5 Å². The molecule has 0 aliphatic heterocycles. The predicted octanol–water partition coefficient (Wildman–Crippen LogP) is 11.8. The number of benzene rings is 1. The van der Waals surface area contributed by atoms with Gasteiger partial charge in [0.2, 0.25) is 11.8 Å². The molecule has 1 unspecified atom stereocenters. The van der Waals surface area contributed by atoms with Crippen LogP contribution >= 0.6 is 0 Å². The van der Waals surface area contributed by atoms with Crippen LogP contribution < -0.4 is 10.6 Å². The largest absolute Gasteiger partial charge is 0.480 e. The van der Waals surface area contributed by atoms with Gasteiger partial charge < -0.3 is 15.7 Å². The molecule has 53 heavy (non-hydrogen) atoms. The summed E-state index contributed by atoms with van der Waals surface area (Å²) in [6.07, 6.45) is 34.6. The van der Waals surface area contributed by atoms with Gasteiger partial charge in [-0.2, -0.15) is 0 Å². The highest BCUT2D eigenvalue weighted by molar-refractivity contribution is 5.87. The summed E-state index contributed by atoms with van der Waals surface area (Å²) in [5.74, 6) is -1.81. The summed E-state index contributed by atoms with van der Waals surface area (Å²) in [5.41, 5.74) is 0.825. The zero-order chi connectivity index (χ0) is 38.6. The minimum Gasteiger partial charge on any atom is -0.480 e. The molecule has 0 aliphatic rings. The van der Waals surface area contributed by atoms with Crippen LogP contribution in [0.15, 0.2) is 30.3 Å². The number of carboxylic acids is 1. The minimum absolute atomic E-state index is 0.0132. The molecule has 1 rings (SSSR count). The summed E-state index contributed by atoms with van der Waals surface area (Å²) in [5, 5.41) is 15.0. The van der Waals surface area contributed by atoms with E-state index >= 15 is 0 Å². The van der Waals surface area contributed by atoms with E-state index in [4.69, 9.17) is 0 Å². The first kappa shape index (κ1) is 48.3. The summed E-state index contributed by atoms with van der Waals surface area (Å²) in [4.78, 5) is 50.6. The third-order valence-electron chi connectivity index (χ3n) is 10.7. The monoisotopic (exact) mass is 741 g/mol. The zero-order valence-corrected chi connectivity index (χ0v) is 34.2. The second kappa shape index (κ2) is 35.0. The number of carbonyl (C=O) groups is 4. The molecule has 0 aromatic heterocycles. The molecule has 0 spiro atoms. The second-order valence-corrected chi connectivity index (χ2v) is 15.6. The number of carbonyl (C=O) groups excluding carboxylic acids is 3. The number of unbranched alkanes of at least 4 members (excludes halogenated alkanes) is 24. The fourth-order valence-corrected chi connectivity index (χ4v) is 7.23. The van der Waals surface area contributed by atoms with Crippen LogP contribution in [-0.4, -0.2) is 41.3 Å². The summed E-state index contributed by atoms with van der Waals surface area (Å²) >= 11 is 0. The number of nitrogens with one attached hydrogen (secondary N) is 2. The van der Waals surface area contributed by atoms with Crippen molar-refractivity contribution in [2.75, 3.05) is 6.54 Å². The number of rotatable bonds is 38. The smallest absolute Gasteiger partial charge is 0.326 e. The molecule has 1 aromatic carbocycles. The number of hydrogen-bond acceptors (Lipinski definition) is 4. The lowest BCUT2D eigenvalue weighted by Crippen LogP contribution is -2.43. The first-order valence-electron chi connectivity index (χ1n) is 22.2. The summed E-state index contributed by atoms with van der Waals surface area (Å²) in [6.45, 7) is 4.63. The molecular weight excluding hydrogens is 661 g/mol. The Balaban J connectivity index is 2.40. The highest BCUT2D eigenvalue weighted by Crippen LogP contribution is 2.21. The summed E-state index contributed by atoms with van der Waals surface area (Å²) in [7, 11) is 0. The maximum atomic E-state index is 13.3. The fourth-order valence-electron chi connectivity index (χ4n) is 7.23. The molecule has 304 valence electrons. The van der Waals surface area contributed by atoms with Crippen LogP contribution in [0.2, 0.25) is 0 Å². The van der Waals surface area contributed by atoms with Crippen LogP contribution in [-0.2, 0) is 25.6 Å². The number of carboxylic acid groups (broad SMARTS) is 1. The van der Waals surface area contributed by atoms with Crippen LogP contribution in [0.5, 0.6) is 0 Å². The Hall–Kier alpha value is -2.70. The Morgan fingerprint density at radius 1 is 0.547 bits per heavy atom. The lowest BCUT2D eigenvalue weighted by molar-refractivity contribution is -0.141. The Morgan fingerprint density at radius 3 is 1.43 bits per heavy atom. The molecule has 0 bridgehead atoms. The van der Waals surface area contributed by atoms with Crippen molar-refractivity contribution in [2.24, 2.45) is 5.92 Å². The van der Waals surface area contributed by atoms with Crippen molar-refractivity contribution in [1.82, 2.24) is 10.6 Å². The van der Waals surface area contributed by atoms with Crippen LogP contribution in [0.4, 0.5) is 0 Å². The van der Waals surface area contributed by atoms with Gasteiger partial charge >= 0.3 is 5.97 Å². The quantitative estimate of drug-likeness (QED) is 0.0584. The maximum absolute atomic E-state index is 13.3. The standard InChI is InChI=1S/C46H80N2O5/c1-3-5-7-9-11-13-15-17-19-21-23-25-30-34-41(43(49)35-31-26-24-22-20-18-16-14-12-10-8-6-4-2)39-45(51)47-37-36-44(50)48-42(46(52)53)38-40-32-28-27-29-33-40/h27-29,32-33,41-42H,3-26,30-31,34-39H2,1-2H3,(H,47,51)(H,48,50)(H,52,53)/t41?,42-/m0/s1. The number of ketones is 1. The van der Waals surface area contributed by atoms with Crippen molar-refractivity contribution in [1.29, 1.82) is 0 Å². The van der Waals surface area contributed by atoms with Crippen molar-refractivity contribution in [3.05, 3.63) is 35.9 Å². The van der Waals surface area contributed by atoms with Crippen molar-refractivity contribution in [3.63, 3.8) is 0 Å². The van der Waals surface area contributed by atoms with Gasteiger partial charge in [0.1, 0.15) is 11.8 Å². The lowest BCUT2D eigenvalue weighted by Gasteiger charge is -2.17. The fraction of sp³-hybridized carbons (Fsp3) is 0.783. The van der Waals surface area contributed by atoms with E-state index in [-0.39, 0.29) is 43.4 Å². The number of aliphatic carboxylic acids is 1. The van der Waals surface area contributed by atoms with Gasteiger partial charge in [-0.15, -0.1) is 0 Å². The molecule has 0 aliphatic carbocycles. The molecule has 0 saturated carbocycles. The lowest BCUT2D eigenvalue weighted by atomic mass is 9.90. The third kappa shape index (κ3) is 29.4. The van der Waals surface area contributed by atoms with Crippen molar-refractivity contribution in [3.8, 4) is 0 Å². The first-order chi connectivity index (χ1) is 25.9. The zero-order valence-electron chi connectivity index (χ0n) is 34.2. The highest BCUT2D eigenvalue weighted by Gasteiger charge is 2.23. The van der Waals surface area contributed by atoms with Gasteiger partial charge in [-0.25, -0.2) is 4.79 Å². The molecule has 0 radical (unpaired) electrons. The van der Waals surface area contributed by atoms with Crippen molar-refractivity contribution < 1.29 is 24.3 Å². The van der Waals surface area contributed by atoms with Gasteiger partial charge in [-0.1, -0.05) is 205 Å². The van der Waals surface area contributed by atoms with E-state index in [1.807, 2.05) is 30.3 Å². The van der Waals surface area contributed by atoms with Gasteiger partial charge in [-0.05, 0) is 18.4 Å². The summed E-state index contributed by atoms with van der Waals surface area (Å²) in [6, 6.07) is 8.16. The molecular formula is C46H80N2O5. The molecule has 7 nitrogen and oxygen atoms in total. The second-order valence-electron chi connectivity index (χ2n) is 15.6. The van der Waals surface area contributed by atoms with Crippen molar-refractivity contribution >= 4 is 23.6 Å². The molecule has 0 fully saturated rings. The average Bonchev–Trinajstić information content (AvgIpc) is 3.15. The highest BCUT2D eigenvalue weighted by atomic mass is 16.4. The van der Waals surface area contributed by atoms with E-state index in [0.29, 0.717) is 6.42 Å². The molecule has 2 amide bonds. The molecule has 3 N–H and O–H groups in total. The van der Waals surface area contributed by atoms with Crippen LogP contribution in [0.3, 0.4) is 0 Å². The normalized spacial score (nSPS) is 12.3. The topological polar surface area (TPSA) is 113 Å². The molecule has 0 saturated heterocycles. The summed E-state index contributed by atoms with van der Waals surface area (Å²) < 4.78 is 0. The first-order valence-corrected chi connectivity index (χ1v) is 22.2. The van der Waals surface area contributed by atoms with Gasteiger partial charge in [-0.3, -0.25) is 14.4 Å². The number of hydrogen-bond donors (Lipinski definition) is 3. The molecule has 0 heterocycles. The molecule has 1 aromatic rings. The number of Topliss-reactive ketones (excluding diaryl/α,β-unsaturated/α-hetero) is 1. The van der Waals surface area contributed by atoms with E-state index in [1.54, 1.807) is 0 Å². The van der Waals surface area contributed by atoms with E-state index in [9.17, 15) is 24.3 Å². The third-order valence-corrected chi connectivity index (χ3v) is 10.7. The van der Waals surface area contributed by atoms with E-state index < -0.39 is 17.9 Å². The van der Waals surface area contributed by atoms with E-state index in [1.165, 1.54) is 141 Å². The van der Waals surface area contributed by atoms with Gasteiger partial charge in [0.15, 0.2) is 0 Å². The molecule has 7 heteroatoms. The number of amides is 2. The van der Waals surface area contributed by atoms with Crippen LogP contribution in [0.1, 0.15) is 212 Å². The SMILES string of the molecule is CCCCCCCCCCCCCCCC(=O)C(CCCCCCCCCCCCCCC)CC(=O)NCCC(=O)N[C@@H](Cc1ccccc1)C(=O)O. The van der Waals surface area contributed by atoms with Gasteiger partial charge in [0.05, 0.1) is 0 Å². The maximum Gasteiger partial charge on any atom is 0.326 e. The molecule has 2 atom stereocenters. The Morgan fingerprint density at radius 2 is 0.981 bits per heavy atom. The van der Waals surface area contributed by atoms with Gasteiger partial charge in [0, 0.05) is 38.1 Å².